The predicted octanol–water partition coefficient (Wildman–Crippen LogP) is 2.50. The van der Waals surface area contributed by atoms with Gasteiger partial charge in [-0.05, 0) is 18.6 Å². The lowest BCUT2D eigenvalue weighted by Gasteiger charge is -2.51. The van der Waals surface area contributed by atoms with E-state index in [0.717, 1.165) is 6.42 Å². The van der Waals surface area contributed by atoms with E-state index < -0.39 is 4.92 Å². The van der Waals surface area contributed by atoms with Crippen molar-refractivity contribution in [1.29, 1.82) is 0 Å². The van der Waals surface area contributed by atoms with Crippen LogP contribution in [0.4, 0.5) is 5.69 Å². The summed E-state index contributed by atoms with van der Waals surface area (Å²) >= 11 is 0. The summed E-state index contributed by atoms with van der Waals surface area (Å²) in [5.74, 6) is 0.708. The van der Waals surface area contributed by atoms with Crippen LogP contribution in [0, 0.1) is 15.5 Å². The lowest BCUT2D eigenvalue weighted by Crippen LogP contribution is -2.61. The number of hydrogen-bond acceptors (Lipinski definition) is 5. The van der Waals surface area contributed by atoms with Crippen LogP contribution in [-0.4, -0.2) is 24.2 Å². The molecule has 0 saturated heterocycles. The van der Waals surface area contributed by atoms with Crippen molar-refractivity contribution in [2.24, 2.45) is 11.1 Å². The Bertz CT molecular complexity index is 520. The van der Waals surface area contributed by atoms with Crippen LogP contribution in [0.15, 0.2) is 18.2 Å². The van der Waals surface area contributed by atoms with Crippen LogP contribution in [0.2, 0.25) is 0 Å². The summed E-state index contributed by atoms with van der Waals surface area (Å²) in [5.41, 5.74) is 5.81. The first-order valence-corrected chi connectivity index (χ1v) is 6.67. The maximum absolute atomic E-state index is 11.1. The van der Waals surface area contributed by atoms with Crippen LogP contribution in [0.25, 0.3) is 0 Å². The number of nitro benzene ring substituents is 1. The first kappa shape index (κ1) is 14.6. The third kappa shape index (κ3) is 2.31. The van der Waals surface area contributed by atoms with Gasteiger partial charge in [-0.3, -0.25) is 10.1 Å². The highest BCUT2D eigenvalue weighted by Crippen LogP contribution is 2.46. The lowest BCUT2D eigenvalue weighted by molar-refractivity contribution is -0.386. The predicted molar refractivity (Wildman–Crippen MR) is 75.1 cm³/mol. The Balaban J connectivity index is 2.24. The van der Waals surface area contributed by atoms with Gasteiger partial charge in [-0.1, -0.05) is 13.8 Å². The third-order valence-electron chi connectivity index (χ3n) is 4.44. The second kappa shape index (κ2) is 5.28. The molecule has 2 N–H and O–H groups in total. The van der Waals surface area contributed by atoms with Crippen molar-refractivity contribution in [2.75, 3.05) is 7.11 Å². The quantitative estimate of drug-likeness (QED) is 0.661. The van der Waals surface area contributed by atoms with Gasteiger partial charge < -0.3 is 15.2 Å². The van der Waals surface area contributed by atoms with E-state index in [1.54, 1.807) is 12.1 Å². The smallest absolute Gasteiger partial charge is 0.314 e. The molecule has 110 valence electrons. The molecule has 20 heavy (non-hydrogen) atoms. The highest BCUT2D eigenvalue weighted by atomic mass is 16.6. The first-order chi connectivity index (χ1) is 9.42. The van der Waals surface area contributed by atoms with Gasteiger partial charge in [0.2, 0.25) is 0 Å². The van der Waals surface area contributed by atoms with Crippen molar-refractivity contribution in [3.8, 4) is 11.5 Å². The Morgan fingerprint density at radius 1 is 1.55 bits per heavy atom. The Labute approximate surface area is 118 Å². The van der Waals surface area contributed by atoms with E-state index >= 15 is 0 Å². The molecule has 1 aromatic rings. The van der Waals surface area contributed by atoms with Crippen molar-refractivity contribution < 1.29 is 14.4 Å². The zero-order chi connectivity index (χ0) is 14.9. The minimum Gasteiger partial charge on any atom is -0.496 e. The largest absolute Gasteiger partial charge is 0.496 e. The minimum absolute atomic E-state index is 0.0785. The van der Waals surface area contributed by atoms with E-state index in [1.807, 2.05) is 0 Å². The summed E-state index contributed by atoms with van der Waals surface area (Å²) in [6, 6.07) is 4.69. The standard InChI is InChI=1S/C14H20N2O4/c1-4-14(2)12(15)8-13(14)20-11-6-5-9(19-3)7-10(11)16(17)18/h5-7,12-13H,4,8,15H2,1-3H3. The molecule has 1 saturated carbocycles. The number of nitrogens with zero attached hydrogens (tertiary/aromatic N) is 1. The van der Waals surface area contributed by atoms with Crippen LogP contribution >= 0.6 is 0 Å². The monoisotopic (exact) mass is 280 g/mol. The third-order valence-corrected chi connectivity index (χ3v) is 4.44. The number of ether oxygens (including phenoxy) is 2. The van der Waals surface area contributed by atoms with Crippen LogP contribution in [-0.2, 0) is 0 Å². The molecular weight excluding hydrogens is 260 g/mol. The average Bonchev–Trinajstić information content (AvgIpc) is 2.45. The van der Waals surface area contributed by atoms with Crippen molar-refractivity contribution in [3.63, 3.8) is 0 Å². The molecule has 1 aliphatic carbocycles. The van der Waals surface area contributed by atoms with Gasteiger partial charge >= 0.3 is 5.69 Å². The second-order valence-electron chi connectivity index (χ2n) is 5.40. The molecule has 0 heterocycles. The van der Waals surface area contributed by atoms with Crippen LogP contribution in [0.1, 0.15) is 26.7 Å². The number of rotatable bonds is 5. The summed E-state index contributed by atoms with van der Waals surface area (Å²) in [6.07, 6.45) is 1.51. The first-order valence-electron chi connectivity index (χ1n) is 6.67. The fraction of sp³-hybridized carbons (Fsp3) is 0.571. The zero-order valence-electron chi connectivity index (χ0n) is 12.0. The maximum Gasteiger partial charge on any atom is 0.314 e. The topological polar surface area (TPSA) is 87.6 Å². The molecular formula is C14H20N2O4. The second-order valence-corrected chi connectivity index (χ2v) is 5.40. The Morgan fingerprint density at radius 3 is 2.75 bits per heavy atom. The lowest BCUT2D eigenvalue weighted by atomic mass is 9.62. The van der Waals surface area contributed by atoms with Crippen molar-refractivity contribution in [3.05, 3.63) is 28.3 Å². The molecule has 2 rings (SSSR count). The summed E-state index contributed by atoms with van der Waals surface area (Å²) in [5, 5.41) is 11.1. The highest BCUT2D eigenvalue weighted by Gasteiger charge is 2.50. The highest BCUT2D eigenvalue weighted by molar-refractivity contribution is 5.51. The van der Waals surface area contributed by atoms with Gasteiger partial charge in [-0.2, -0.15) is 0 Å². The maximum atomic E-state index is 11.1. The van der Waals surface area contributed by atoms with Crippen molar-refractivity contribution >= 4 is 5.69 Å². The Morgan fingerprint density at radius 2 is 2.25 bits per heavy atom. The van der Waals surface area contributed by atoms with Gasteiger partial charge in [-0.15, -0.1) is 0 Å². The molecule has 1 fully saturated rings. The molecule has 0 spiro atoms. The molecule has 3 atom stereocenters. The molecule has 0 amide bonds. The van der Waals surface area contributed by atoms with Crippen molar-refractivity contribution in [2.45, 2.75) is 38.8 Å². The number of nitro groups is 1. The number of nitrogens with two attached hydrogens (primary N) is 1. The molecule has 6 nitrogen and oxygen atoms in total. The van der Waals surface area contributed by atoms with E-state index in [0.29, 0.717) is 12.2 Å². The normalized spacial score (nSPS) is 28.6. The summed E-state index contributed by atoms with van der Waals surface area (Å²) < 4.78 is 10.8. The number of benzene rings is 1. The fourth-order valence-electron chi connectivity index (χ4n) is 2.54. The van der Waals surface area contributed by atoms with Gasteiger partial charge in [0.1, 0.15) is 11.9 Å². The van der Waals surface area contributed by atoms with Crippen LogP contribution < -0.4 is 15.2 Å². The average molecular weight is 280 g/mol. The molecule has 1 aromatic carbocycles. The molecule has 0 radical (unpaired) electrons. The summed E-state index contributed by atoms with van der Waals surface area (Å²) in [6.45, 7) is 4.11. The van der Waals surface area contributed by atoms with E-state index in [1.165, 1.54) is 13.2 Å². The SMILES string of the molecule is CCC1(C)C(N)CC1Oc1ccc(OC)cc1[N+](=O)[O-]. The zero-order valence-corrected chi connectivity index (χ0v) is 12.0. The van der Waals surface area contributed by atoms with Crippen molar-refractivity contribution in [1.82, 2.24) is 0 Å². The molecule has 0 aliphatic heterocycles. The van der Waals surface area contributed by atoms with E-state index in [4.69, 9.17) is 15.2 Å². The van der Waals surface area contributed by atoms with Gasteiger partial charge in [0, 0.05) is 17.9 Å². The van der Waals surface area contributed by atoms with Gasteiger partial charge in [0.05, 0.1) is 18.1 Å². The van der Waals surface area contributed by atoms with Gasteiger partial charge in [0.15, 0.2) is 5.75 Å². The molecule has 0 aromatic heterocycles. The summed E-state index contributed by atoms with van der Waals surface area (Å²) in [7, 11) is 1.47. The van der Waals surface area contributed by atoms with Gasteiger partial charge in [0.25, 0.3) is 0 Å². The van der Waals surface area contributed by atoms with Crippen LogP contribution in [0.5, 0.6) is 11.5 Å². The van der Waals surface area contributed by atoms with E-state index in [9.17, 15) is 10.1 Å². The number of methoxy groups -OCH3 is 1. The van der Waals surface area contributed by atoms with Gasteiger partial charge in [-0.25, -0.2) is 0 Å². The van der Waals surface area contributed by atoms with E-state index in [-0.39, 0.29) is 29.0 Å². The molecule has 0 bridgehead atoms. The fourth-order valence-corrected chi connectivity index (χ4v) is 2.54. The van der Waals surface area contributed by atoms with E-state index in [2.05, 4.69) is 13.8 Å². The summed E-state index contributed by atoms with van der Waals surface area (Å²) in [4.78, 5) is 10.7. The van der Waals surface area contributed by atoms with Crippen LogP contribution in [0.3, 0.4) is 0 Å². The molecule has 6 heteroatoms. The minimum atomic E-state index is -0.459. The molecule has 1 aliphatic rings. The Hall–Kier alpha value is -1.82. The Kier molecular flexibility index (Phi) is 3.85. The molecule has 3 unspecified atom stereocenters. The number of hydrogen-bond donors (Lipinski definition) is 1.